The molecule has 22 heavy (non-hydrogen) atoms. The van der Waals surface area contributed by atoms with E-state index in [2.05, 4.69) is 27.3 Å². The molecule has 1 fully saturated rings. The Kier molecular flexibility index (Phi) is 4.71. The minimum absolute atomic E-state index is 0.165. The number of ether oxygens (including phenoxy) is 1. The Morgan fingerprint density at radius 3 is 2.82 bits per heavy atom. The molecular weight excluding hydrogens is 350 g/mol. The Morgan fingerprint density at radius 2 is 2.23 bits per heavy atom. The molecule has 1 saturated carbocycles. The summed E-state index contributed by atoms with van der Waals surface area (Å²) >= 11 is 3.24. The van der Waals surface area contributed by atoms with E-state index in [4.69, 9.17) is 10.5 Å². The van der Waals surface area contributed by atoms with Gasteiger partial charge in [0.1, 0.15) is 5.54 Å². The average Bonchev–Trinajstić information content (AvgIpc) is 3.32. The van der Waals surface area contributed by atoms with Crippen LogP contribution in [0.1, 0.15) is 30.1 Å². The molecule has 0 unspecified atom stereocenters. The number of nitriles is 1. The average molecular weight is 366 g/mol. The first kappa shape index (κ1) is 16.3. The lowest BCUT2D eigenvalue weighted by Gasteiger charge is -2.22. The van der Waals surface area contributed by atoms with E-state index in [9.17, 15) is 14.9 Å². The number of nitrogens with zero attached hydrogens (tertiary/aromatic N) is 1. The van der Waals surface area contributed by atoms with Crippen molar-refractivity contribution in [1.29, 1.82) is 5.26 Å². The van der Waals surface area contributed by atoms with Gasteiger partial charge >= 0.3 is 5.97 Å². The van der Waals surface area contributed by atoms with Crippen LogP contribution < -0.4 is 11.1 Å². The van der Waals surface area contributed by atoms with Crippen molar-refractivity contribution in [2.24, 2.45) is 5.92 Å². The lowest BCUT2D eigenvalue weighted by atomic mass is 9.98. The molecule has 6 nitrogen and oxygen atoms in total. The van der Waals surface area contributed by atoms with Gasteiger partial charge in [0, 0.05) is 10.2 Å². The van der Waals surface area contributed by atoms with Gasteiger partial charge in [-0.25, -0.2) is 4.79 Å². The molecule has 0 saturated heterocycles. The first-order valence-corrected chi connectivity index (χ1v) is 7.59. The number of nitrogen functional groups attached to an aromatic ring is 1. The van der Waals surface area contributed by atoms with Gasteiger partial charge < -0.3 is 15.8 Å². The molecule has 7 heteroatoms. The van der Waals surface area contributed by atoms with Gasteiger partial charge in [-0.15, -0.1) is 0 Å². The van der Waals surface area contributed by atoms with Gasteiger partial charge in [0.15, 0.2) is 6.61 Å². The molecular formula is C15H16BrN3O3. The molecule has 1 aromatic carbocycles. The number of benzene rings is 1. The van der Waals surface area contributed by atoms with E-state index in [1.807, 2.05) is 0 Å². The molecule has 0 spiro atoms. The normalized spacial score (nSPS) is 16.2. The third kappa shape index (κ3) is 3.77. The van der Waals surface area contributed by atoms with E-state index in [-0.39, 0.29) is 17.2 Å². The zero-order valence-corrected chi connectivity index (χ0v) is 13.6. The SMILES string of the molecule is C[C@@](C#N)(NC(=O)COC(=O)c1cc(Br)ccc1N)C1CC1. The molecule has 0 radical (unpaired) electrons. The van der Waals surface area contributed by atoms with Crippen molar-refractivity contribution in [2.75, 3.05) is 12.3 Å². The second-order valence-electron chi connectivity index (χ2n) is 5.44. The minimum Gasteiger partial charge on any atom is -0.452 e. The van der Waals surface area contributed by atoms with Crippen LogP contribution >= 0.6 is 15.9 Å². The van der Waals surface area contributed by atoms with Crippen molar-refractivity contribution in [2.45, 2.75) is 25.3 Å². The number of carbonyl (C=O) groups excluding carboxylic acids is 2. The van der Waals surface area contributed by atoms with E-state index in [0.717, 1.165) is 12.8 Å². The fraction of sp³-hybridized carbons (Fsp3) is 0.400. The molecule has 1 amide bonds. The summed E-state index contributed by atoms with van der Waals surface area (Å²) in [7, 11) is 0. The van der Waals surface area contributed by atoms with Crippen molar-refractivity contribution in [1.82, 2.24) is 5.32 Å². The van der Waals surface area contributed by atoms with Crippen LogP contribution in [0.2, 0.25) is 0 Å². The molecule has 1 aromatic rings. The second kappa shape index (κ2) is 6.36. The van der Waals surface area contributed by atoms with Gasteiger partial charge in [-0.3, -0.25) is 4.79 Å². The lowest BCUT2D eigenvalue weighted by Crippen LogP contribution is -2.48. The van der Waals surface area contributed by atoms with Crippen LogP contribution in [0.25, 0.3) is 0 Å². The number of nitrogens with one attached hydrogen (secondary N) is 1. The highest BCUT2D eigenvalue weighted by Gasteiger charge is 2.43. The Labute approximate surface area is 136 Å². The molecule has 116 valence electrons. The smallest absolute Gasteiger partial charge is 0.340 e. The van der Waals surface area contributed by atoms with Gasteiger partial charge in [0.2, 0.25) is 0 Å². The summed E-state index contributed by atoms with van der Waals surface area (Å²) in [5.41, 5.74) is 5.26. The molecule has 1 atom stereocenters. The quantitative estimate of drug-likeness (QED) is 0.613. The molecule has 1 aliphatic rings. The van der Waals surface area contributed by atoms with Crippen molar-refractivity contribution in [3.05, 3.63) is 28.2 Å². The second-order valence-corrected chi connectivity index (χ2v) is 6.36. The maximum absolute atomic E-state index is 11.9. The van der Waals surface area contributed by atoms with E-state index >= 15 is 0 Å². The predicted molar refractivity (Wildman–Crippen MR) is 83.7 cm³/mol. The summed E-state index contributed by atoms with van der Waals surface area (Å²) in [6.07, 6.45) is 1.83. The highest BCUT2D eigenvalue weighted by atomic mass is 79.9. The fourth-order valence-electron chi connectivity index (χ4n) is 2.12. The Hall–Kier alpha value is -2.07. The van der Waals surface area contributed by atoms with Crippen LogP contribution in [0.3, 0.4) is 0 Å². The van der Waals surface area contributed by atoms with Crippen molar-refractivity contribution in [3.8, 4) is 6.07 Å². The van der Waals surface area contributed by atoms with Crippen LogP contribution in [0.15, 0.2) is 22.7 Å². The van der Waals surface area contributed by atoms with Crippen molar-refractivity contribution >= 4 is 33.5 Å². The third-order valence-electron chi connectivity index (χ3n) is 3.59. The molecule has 0 heterocycles. The van der Waals surface area contributed by atoms with Gasteiger partial charge in [-0.1, -0.05) is 15.9 Å². The highest BCUT2D eigenvalue weighted by Crippen LogP contribution is 2.39. The number of nitrogens with two attached hydrogens (primary N) is 1. The number of hydrogen-bond acceptors (Lipinski definition) is 5. The Bertz CT molecular complexity index is 652. The van der Waals surface area contributed by atoms with Crippen LogP contribution in [-0.4, -0.2) is 24.0 Å². The number of esters is 1. The van der Waals surface area contributed by atoms with Gasteiger partial charge in [0.05, 0.1) is 11.6 Å². The Morgan fingerprint density at radius 1 is 1.55 bits per heavy atom. The monoisotopic (exact) mass is 365 g/mol. The van der Waals surface area contributed by atoms with Crippen molar-refractivity contribution < 1.29 is 14.3 Å². The van der Waals surface area contributed by atoms with Crippen LogP contribution in [0.5, 0.6) is 0 Å². The maximum Gasteiger partial charge on any atom is 0.340 e. The summed E-state index contributed by atoms with van der Waals surface area (Å²) < 4.78 is 5.64. The van der Waals surface area contributed by atoms with Gasteiger partial charge in [-0.05, 0) is 43.9 Å². The summed E-state index contributed by atoms with van der Waals surface area (Å²) in [5, 5.41) is 11.8. The largest absolute Gasteiger partial charge is 0.452 e. The number of anilines is 1. The van der Waals surface area contributed by atoms with E-state index in [0.29, 0.717) is 4.47 Å². The van der Waals surface area contributed by atoms with Gasteiger partial charge in [0.25, 0.3) is 5.91 Å². The standard InChI is InChI=1S/C15H16BrN3O3/c1-15(8-17,9-2-3-9)19-13(20)7-22-14(21)11-6-10(16)4-5-12(11)18/h4-6,9H,2-3,7,18H2,1H3,(H,19,20)/t15-/m0/s1. The fourth-order valence-corrected chi connectivity index (χ4v) is 2.48. The third-order valence-corrected chi connectivity index (χ3v) is 4.09. The zero-order valence-electron chi connectivity index (χ0n) is 12.1. The molecule has 3 N–H and O–H groups in total. The number of carbonyl (C=O) groups is 2. The van der Waals surface area contributed by atoms with Gasteiger partial charge in [-0.2, -0.15) is 5.26 Å². The van der Waals surface area contributed by atoms with E-state index in [1.54, 1.807) is 19.1 Å². The molecule has 2 rings (SSSR count). The lowest BCUT2D eigenvalue weighted by molar-refractivity contribution is -0.125. The number of halogens is 1. The first-order valence-electron chi connectivity index (χ1n) is 6.80. The van der Waals surface area contributed by atoms with Crippen LogP contribution in [-0.2, 0) is 9.53 Å². The summed E-state index contributed by atoms with van der Waals surface area (Å²) in [6, 6.07) is 6.91. The van der Waals surface area contributed by atoms with Crippen molar-refractivity contribution in [3.63, 3.8) is 0 Å². The number of amides is 1. The summed E-state index contributed by atoms with van der Waals surface area (Å²) in [4.78, 5) is 23.8. The van der Waals surface area contributed by atoms with Crippen LogP contribution in [0, 0.1) is 17.2 Å². The van der Waals surface area contributed by atoms with E-state index in [1.165, 1.54) is 6.07 Å². The molecule has 0 bridgehead atoms. The number of rotatable bonds is 5. The molecule has 0 aliphatic heterocycles. The van der Waals surface area contributed by atoms with E-state index < -0.39 is 24.0 Å². The Balaban J connectivity index is 1.92. The maximum atomic E-state index is 11.9. The summed E-state index contributed by atoms with van der Waals surface area (Å²) in [5.74, 6) is -1.02. The van der Waals surface area contributed by atoms with Crippen LogP contribution in [0.4, 0.5) is 5.69 Å². The predicted octanol–water partition coefficient (Wildman–Crippen LogP) is 2.00. The topological polar surface area (TPSA) is 105 Å². The first-order chi connectivity index (χ1) is 10.4. The molecule has 0 aromatic heterocycles. The minimum atomic E-state index is -0.904. The summed E-state index contributed by atoms with van der Waals surface area (Å²) in [6.45, 7) is 1.23. The zero-order chi connectivity index (χ0) is 16.3. The molecule has 1 aliphatic carbocycles. The number of hydrogen-bond donors (Lipinski definition) is 2. The highest BCUT2D eigenvalue weighted by molar-refractivity contribution is 9.10.